The topological polar surface area (TPSA) is 67.1 Å². The zero-order valence-electron chi connectivity index (χ0n) is 15.7. The van der Waals surface area contributed by atoms with Crippen molar-refractivity contribution < 1.29 is 0 Å². The van der Waals surface area contributed by atoms with Crippen molar-refractivity contribution in [1.82, 2.24) is 14.9 Å². The maximum atomic E-state index is 5.91. The number of halogens is 2. The van der Waals surface area contributed by atoms with Crippen LogP contribution >= 0.6 is 24.8 Å². The van der Waals surface area contributed by atoms with E-state index in [0.29, 0.717) is 12.0 Å². The first-order valence-electron chi connectivity index (χ1n) is 9.31. The van der Waals surface area contributed by atoms with Gasteiger partial charge in [-0.05, 0) is 37.3 Å². The second kappa shape index (κ2) is 9.69. The Balaban J connectivity index is 0.00000131. The zero-order valence-corrected chi connectivity index (χ0v) is 17.4. The van der Waals surface area contributed by atoms with Gasteiger partial charge in [-0.3, -0.25) is 4.90 Å². The molecule has 2 aliphatic rings. The lowest BCUT2D eigenvalue weighted by molar-refractivity contribution is 0.264. The highest BCUT2D eigenvalue weighted by atomic mass is 35.5. The highest BCUT2D eigenvalue weighted by molar-refractivity contribution is 5.85. The Bertz CT molecular complexity index is 749. The van der Waals surface area contributed by atoms with E-state index in [9.17, 15) is 0 Å². The van der Waals surface area contributed by atoms with Crippen LogP contribution in [-0.2, 0) is 13.0 Å². The summed E-state index contributed by atoms with van der Waals surface area (Å²) in [5, 5.41) is 3.49. The van der Waals surface area contributed by atoms with Crippen LogP contribution in [0, 0.1) is 6.92 Å². The minimum atomic E-state index is 0. The highest BCUT2D eigenvalue weighted by Gasteiger charge is 2.28. The number of nitrogens with one attached hydrogen (secondary N) is 1. The average Bonchev–Trinajstić information content (AvgIpc) is 2.58. The Kier molecular flexibility index (Phi) is 7.86. The second-order valence-corrected chi connectivity index (χ2v) is 7.38. The smallest absolute Gasteiger partial charge is 0.129 e. The van der Waals surface area contributed by atoms with Crippen LogP contribution < -0.4 is 11.1 Å². The first-order chi connectivity index (χ1) is 12.2. The third-order valence-electron chi connectivity index (χ3n) is 5.39. The molecule has 2 heterocycles. The fraction of sp³-hybridized carbons (Fsp3) is 0.500. The van der Waals surface area contributed by atoms with Gasteiger partial charge in [0, 0.05) is 49.9 Å². The van der Waals surface area contributed by atoms with Gasteiger partial charge >= 0.3 is 0 Å². The number of aryl methyl sites for hydroxylation is 1. The van der Waals surface area contributed by atoms with E-state index < -0.39 is 0 Å². The summed E-state index contributed by atoms with van der Waals surface area (Å²) in [5.74, 6) is 2.29. The molecule has 1 aromatic carbocycles. The van der Waals surface area contributed by atoms with Crippen LogP contribution in [0.25, 0.3) is 0 Å². The number of anilines is 1. The fourth-order valence-corrected chi connectivity index (χ4v) is 3.88. The number of benzene rings is 1. The number of aromatic nitrogens is 2. The number of hydrogen-bond acceptors (Lipinski definition) is 5. The molecule has 0 bridgehead atoms. The molecule has 1 aromatic heterocycles. The monoisotopic (exact) mass is 409 g/mol. The van der Waals surface area contributed by atoms with Gasteiger partial charge in [0.2, 0.25) is 0 Å². The number of nitrogens with zero attached hydrogens (tertiary/aromatic N) is 3. The van der Waals surface area contributed by atoms with Crippen molar-refractivity contribution in [1.29, 1.82) is 0 Å². The molecule has 0 spiro atoms. The molecule has 0 unspecified atom stereocenters. The van der Waals surface area contributed by atoms with Gasteiger partial charge in [0.25, 0.3) is 0 Å². The van der Waals surface area contributed by atoms with E-state index in [4.69, 9.17) is 5.73 Å². The van der Waals surface area contributed by atoms with E-state index in [-0.39, 0.29) is 24.8 Å². The molecule has 0 amide bonds. The molecule has 2 aromatic rings. The van der Waals surface area contributed by atoms with Crippen LogP contribution in [0.5, 0.6) is 0 Å². The van der Waals surface area contributed by atoms with Crippen molar-refractivity contribution in [2.75, 3.05) is 25.0 Å². The van der Waals surface area contributed by atoms with Crippen LogP contribution in [0.2, 0.25) is 0 Å². The van der Waals surface area contributed by atoms with E-state index in [1.54, 1.807) is 0 Å². The molecule has 0 saturated heterocycles. The molecule has 1 fully saturated rings. The predicted octanol–water partition coefficient (Wildman–Crippen LogP) is 3.30. The fourth-order valence-electron chi connectivity index (χ4n) is 3.88. The molecular formula is C20H29Cl2N5. The quantitative estimate of drug-likeness (QED) is 0.792. The molecule has 1 aliphatic heterocycles. The Morgan fingerprint density at radius 1 is 1.15 bits per heavy atom. The Labute approximate surface area is 174 Å². The Morgan fingerprint density at radius 2 is 1.89 bits per heavy atom. The lowest BCUT2D eigenvalue weighted by Crippen LogP contribution is -2.35. The van der Waals surface area contributed by atoms with Gasteiger partial charge < -0.3 is 11.1 Å². The molecule has 1 saturated carbocycles. The largest absolute Gasteiger partial charge is 0.369 e. The van der Waals surface area contributed by atoms with Gasteiger partial charge in [-0.25, -0.2) is 9.97 Å². The summed E-state index contributed by atoms with van der Waals surface area (Å²) in [7, 11) is 0. The summed E-state index contributed by atoms with van der Waals surface area (Å²) in [6.07, 6.45) is 3.24. The molecular weight excluding hydrogens is 381 g/mol. The molecule has 0 radical (unpaired) electrons. The van der Waals surface area contributed by atoms with Crippen molar-refractivity contribution >= 4 is 30.6 Å². The minimum absolute atomic E-state index is 0. The first kappa shape index (κ1) is 21.9. The van der Waals surface area contributed by atoms with Crippen LogP contribution in [0.4, 0.5) is 5.82 Å². The van der Waals surface area contributed by atoms with E-state index in [1.165, 1.54) is 11.1 Å². The summed E-state index contributed by atoms with van der Waals surface area (Å²) < 4.78 is 0. The summed E-state index contributed by atoms with van der Waals surface area (Å²) in [4.78, 5) is 11.6. The maximum absolute atomic E-state index is 5.91. The standard InChI is InChI=1S/C20H27N5.2ClH/c1-14-23-19(17-10-18(21)11-17)12-20(24-14)22-7-9-25-8-6-15-4-2-3-5-16(15)13-25;;/h2-5,12,17-18H,6-11,13,21H2,1H3,(H,22,23,24);2*1H. The van der Waals surface area contributed by atoms with E-state index in [1.807, 2.05) is 6.92 Å². The van der Waals surface area contributed by atoms with Gasteiger partial charge in [-0.1, -0.05) is 24.3 Å². The SMILES string of the molecule is Cc1nc(NCCN2CCc3ccccc3C2)cc(C2CC(N)C2)n1.Cl.Cl. The third-order valence-corrected chi connectivity index (χ3v) is 5.39. The lowest BCUT2D eigenvalue weighted by Gasteiger charge is -2.32. The number of rotatable bonds is 5. The number of fused-ring (bicyclic) bond motifs is 1. The van der Waals surface area contributed by atoms with Crippen molar-refractivity contribution in [3.8, 4) is 0 Å². The summed E-state index contributed by atoms with van der Waals surface area (Å²) in [5.41, 5.74) is 10.0. The van der Waals surface area contributed by atoms with Crippen LogP contribution in [0.15, 0.2) is 30.3 Å². The van der Waals surface area contributed by atoms with Gasteiger partial charge in [0.15, 0.2) is 0 Å². The molecule has 148 valence electrons. The van der Waals surface area contributed by atoms with Crippen molar-refractivity contribution in [3.63, 3.8) is 0 Å². The maximum Gasteiger partial charge on any atom is 0.129 e. The van der Waals surface area contributed by atoms with Crippen molar-refractivity contribution in [2.45, 2.75) is 44.7 Å². The highest BCUT2D eigenvalue weighted by Crippen LogP contribution is 2.35. The number of hydrogen-bond donors (Lipinski definition) is 2. The number of nitrogens with two attached hydrogens (primary N) is 1. The predicted molar refractivity (Wildman–Crippen MR) is 115 cm³/mol. The minimum Gasteiger partial charge on any atom is -0.369 e. The van der Waals surface area contributed by atoms with Gasteiger partial charge in [0.1, 0.15) is 11.6 Å². The molecule has 5 nitrogen and oxygen atoms in total. The third kappa shape index (κ3) is 5.32. The Hall–Kier alpha value is -1.40. The molecule has 0 atom stereocenters. The molecule has 4 rings (SSSR count). The molecule has 1 aliphatic carbocycles. The Morgan fingerprint density at radius 3 is 2.63 bits per heavy atom. The van der Waals surface area contributed by atoms with Crippen molar-refractivity contribution in [2.24, 2.45) is 5.73 Å². The first-order valence-corrected chi connectivity index (χ1v) is 9.31. The van der Waals surface area contributed by atoms with Crippen LogP contribution in [0.1, 0.15) is 41.4 Å². The van der Waals surface area contributed by atoms with Crippen molar-refractivity contribution in [3.05, 3.63) is 53.0 Å². The van der Waals surface area contributed by atoms with E-state index in [0.717, 1.165) is 62.8 Å². The summed E-state index contributed by atoms with van der Waals surface area (Å²) in [6, 6.07) is 11.2. The molecule has 7 heteroatoms. The normalized spacial score (nSPS) is 21.3. The molecule has 27 heavy (non-hydrogen) atoms. The second-order valence-electron chi connectivity index (χ2n) is 7.38. The van der Waals surface area contributed by atoms with Crippen LogP contribution in [-0.4, -0.2) is 40.5 Å². The summed E-state index contributed by atoms with van der Waals surface area (Å²) in [6.45, 7) is 6.08. The van der Waals surface area contributed by atoms with E-state index >= 15 is 0 Å². The summed E-state index contributed by atoms with van der Waals surface area (Å²) >= 11 is 0. The van der Waals surface area contributed by atoms with Gasteiger partial charge in [-0.15, -0.1) is 24.8 Å². The van der Waals surface area contributed by atoms with E-state index in [2.05, 4.69) is 50.5 Å². The zero-order chi connectivity index (χ0) is 17.2. The van der Waals surface area contributed by atoms with Gasteiger partial charge in [0.05, 0.1) is 0 Å². The van der Waals surface area contributed by atoms with Crippen LogP contribution in [0.3, 0.4) is 0 Å². The molecule has 3 N–H and O–H groups in total. The van der Waals surface area contributed by atoms with Gasteiger partial charge in [-0.2, -0.15) is 0 Å². The lowest BCUT2D eigenvalue weighted by atomic mass is 9.78. The average molecular weight is 410 g/mol.